The maximum absolute atomic E-state index is 5.54. The van der Waals surface area contributed by atoms with Crippen molar-refractivity contribution in [2.45, 2.75) is 52.0 Å². The fourth-order valence-electron chi connectivity index (χ4n) is 1.34. The van der Waals surface area contributed by atoms with Crippen molar-refractivity contribution in [3.63, 3.8) is 0 Å². The minimum Gasteiger partial charge on any atom is -0.381 e. The Kier molecular flexibility index (Phi) is 6.20. The average Bonchev–Trinajstić information content (AvgIpc) is 2.92. The van der Waals surface area contributed by atoms with Crippen LogP contribution < -0.4 is 5.32 Å². The van der Waals surface area contributed by atoms with Crippen LogP contribution in [-0.2, 0) is 4.74 Å². The Morgan fingerprint density at radius 2 is 2.00 bits per heavy atom. The zero-order chi connectivity index (χ0) is 10.2. The van der Waals surface area contributed by atoms with Gasteiger partial charge in [0.25, 0.3) is 0 Å². The van der Waals surface area contributed by atoms with Crippen molar-refractivity contribution in [2.24, 2.45) is 5.92 Å². The van der Waals surface area contributed by atoms with E-state index in [1.54, 1.807) is 0 Å². The van der Waals surface area contributed by atoms with E-state index >= 15 is 0 Å². The van der Waals surface area contributed by atoms with Crippen molar-refractivity contribution in [1.29, 1.82) is 0 Å². The molecular weight excluding hydrogens is 174 g/mol. The summed E-state index contributed by atoms with van der Waals surface area (Å²) in [6.07, 6.45) is 6.45. The van der Waals surface area contributed by atoms with Crippen LogP contribution in [0, 0.1) is 5.92 Å². The van der Waals surface area contributed by atoms with Gasteiger partial charge >= 0.3 is 0 Å². The molecule has 1 fully saturated rings. The first-order chi connectivity index (χ1) is 6.79. The highest BCUT2D eigenvalue weighted by molar-refractivity contribution is 4.80. The number of ether oxygens (including phenoxy) is 1. The fourth-order valence-corrected chi connectivity index (χ4v) is 1.34. The van der Waals surface area contributed by atoms with Crippen molar-refractivity contribution in [2.75, 3.05) is 19.8 Å². The minimum absolute atomic E-state index is 0.770. The van der Waals surface area contributed by atoms with Crippen LogP contribution in [0.2, 0.25) is 0 Å². The minimum atomic E-state index is 0.770. The molecule has 2 heteroatoms. The van der Waals surface area contributed by atoms with E-state index in [1.807, 2.05) is 0 Å². The summed E-state index contributed by atoms with van der Waals surface area (Å²) in [5.74, 6) is 0.770. The lowest BCUT2D eigenvalue weighted by Crippen LogP contribution is -2.17. The van der Waals surface area contributed by atoms with Gasteiger partial charge in [0.15, 0.2) is 0 Å². The van der Waals surface area contributed by atoms with Gasteiger partial charge in [-0.15, -0.1) is 0 Å². The summed E-state index contributed by atoms with van der Waals surface area (Å²) in [6.45, 7) is 7.54. The van der Waals surface area contributed by atoms with E-state index < -0.39 is 0 Å². The predicted octanol–water partition coefficient (Wildman–Crippen LogP) is 2.58. The quantitative estimate of drug-likeness (QED) is 0.576. The number of unbranched alkanes of at least 4 members (excludes halogenated alkanes) is 1. The maximum atomic E-state index is 5.54. The lowest BCUT2D eigenvalue weighted by atomic mass is 10.1. The molecule has 2 nitrogen and oxygen atoms in total. The summed E-state index contributed by atoms with van der Waals surface area (Å²) >= 11 is 0. The number of rotatable bonds is 9. The van der Waals surface area contributed by atoms with E-state index in [0.717, 1.165) is 25.2 Å². The Morgan fingerprint density at radius 1 is 1.21 bits per heavy atom. The van der Waals surface area contributed by atoms with Gasteiger partial charge in [-0.2, -0.15) is 0 Å². The molecule has 0 aromatic carbocycles. The number of nitrogens with one attached hydrogen (secondary N) is 1. The molecule has 1 rings (SSSR count). The van der Waals surface area contributed by atoms with Crippen LogP contribution in [-0.4, -0.2) is 25.8 Å². The molecular formula is C12H25NO. The molecule has 0 amide bonds. The molecule has 0 spiro atoms. The van der Waals surface area contributed by atoms with Crippen molar-refractivity contribution in [3.8, 4) is 0 Å². The third-order valence-electron chi connectivity index (χ3n) is 2.57. The maximum Gasteiger partial charge on any atom is 0.0468 e. The normalized spacial score (nSPS) is 16.5. The third kappa shape index (κ3) is 7.34. The molecule has 0 aromatic rings. The molecule has 0 heterocycles. The molecule has 0 aliphatic heterocycles. The third-order valence-corrected chi connectivity index (χ3v) is 2.57. The molecule has 1 aliphatic rings. The van der Waals surface area contributed by atoms with Gasteiger partial charge in [-0.3, -0.25) is 0 Å². The average molecular weight is 199 g/mol. The van der Waals surface area contributed by atoms with Gasteiger partial charge < -0.3 is 10.1 Å². The van der Waals surface area contributed by atoms with Crippen LogP contribution in [0.3, 0.4) is 0 Å². The largest absolute Gasteiger partial charge is 0.381 e. The molecule has 14 heavy (non-hydrogen) atoms. The summed E-state index contributed by atoms with van der Waals surface area (Å²) in [4.78, 5) is 0. The summed E-state index contributed by atoms with van der Waals surface area (Å²) in [7, 11) is 0. The molecule has 0 radical (unpaired) electrons. The first kappa shape index (κ1) is 12.0. The lowest BCUT2D eigenvalue weighted by Gasteiger charge is -2.06. The molecule has 0 atom stereocenters. The zero-order valence-corrected chi connectivity index (χ0v) is 9.72. The molecule has 0 unspecified atom stereocenters. The van der Waals surface area contributed by atoms with Crippen molar-refractivity contribution < 1.29 is 4.74 Å². The van der Waals surface area contributed by atoms with Crippen LogP contribution >= 0.6 is 0 Å². The summed E-state index contributed by atoms with van der Waals surface area (Å²) in [5, 5.41) is 3.51. The van der Waals surface area contributed by atoms with Crippen molar-refractivity contribution >= 4 is 0 Å². The van der Waals surface area contributed by atoms with Gasteiger partial charge in [0.2, 0.25) is 0 Å². The summed E-state index contributed by atoms with van der Waals surface area (Å²) < 4.78 is 5.54. The molecule has 0 bridgehead atoms. The second-order valence-electron chi connectivity index (χ2n) is 4.73. The van der Waals surface area contributed by atoms with Crippen LogP contribution in [0.5, 0.6) is 0 Å². The highest BCUT2D eigenvalue weighted by Crippen LogP contribution is 2.18. The predicted molar refractivity (Wildman–Crippen MR) is 60.5 cm³/mol. The Balaban J connectivity index is 1.66. The Bertz CT molecular complexity index is 124. The van der Waals surface area contributed by atoms with Crippen molar-refractivity contribution in [1.82, 2.24) is 5.32 Å². The first-order valence-electron chi connectivity index (χ1n) is 6.10. The monoisotopic (exact) mass is 199 g/mol. The standard InChI is InChI=1S/C12H25NO/c1-11(2)7-10-14-9-4-3-8-13-12-5-6-12/h11-13H,3-10H2,1-2H3. The van der Waals surface area contributed by atoms with Crippen LogP contribution in [0.25, 0.3) is 0 Å². The Morgan fingerprint density at radius 3 is 2.64 bits per heavy atom. The SMILES string of the molecule is CC(C)CCOCCCCNC1CC1. The number of hydrogen-bond acceptors (Lipinski definition) is 2. The van der Waals surface area contributed by atoms with Gasteiger partial charge in [-0.05, 0) is 44.6 Å². The van der Waals surface area contributed by atoms with E-state index in [0.29, 0.717) is 0 Å². The van der Waals surface area contributed by atoms with Gasteiger partial charge in [-0.25, -0.2) is 0 Å². The van der Waals surface area contributed by atoms with E-state index in [1.165, 1.54) is 38.6 Å². The van der Waals surface area contributed by atoms with Gasteiger partial charge in [0, 0.05) is 19.3 Å². The molecule has 1 aliphatic carbocycles. The Labute approximate surface area is 88.4 Å². The topological polar surface area (TPSA) is 21.3 Å². The molecule has 0 aromatic heterocycles. The Hall–Kier alpha value is -0.0800. The van der Waals surface area contributed by atoms with E-state index in [9.17, 15) is 0 Å². The van der Waals surface area contributed by atoms with Crippen LogP contribution in [0.1, 0.15) is 46.0 Å². The van der Waals surface area contributed by atoms with Crippen LogP contribution in [0.15, 0.2) is 0 Å². The van der Waals surface area contributed by atoms with E-state index in [4.69, 9.17) is 4.74 Å². The second kappa shape index (κ2) is 7.24. The second-order valence-corrected chi connectivity index (χ2v) is 4.73. The van der Waals surface area contributed by atoms with Crippen molar-refractivity contribution in [3.05, 3.63) is 0 Å². The van der Waals surface area contributed by atoms with E-state index in [2.05, 4.69) is 19.2 Å². The molecule has 84 valence electrons. The smallest absolute Gasteiger partial charge is 0.0468 e. The number of hydrogen-bond donors (Lipinski definition) is 1. The van der Waals surface area contributed by atoms with Gasteiger partial charge in [-0.1, -0.05) is 13.8 Å². The first-order valence-corrected chi connectivity index (χ1v) is 6.10. The summed E-state index contributed by atoms with van der Waals surface area (Å²) in [6, 6.07) is 0.858. The highest BCUT2D eigenvalue weighted by Gasteiger charge is 2.19. The fraction of sp³-hybridized carbons (Fsp3) is 1.00. The van der Waals surface area contributed by atoms with Gasteiger partial charge in [0.05, 0.1) is 0 Å². The lowest BCUT2D eigenvalue weighted by molar-refractivity contribution is 0.120. The highest BCUT2D eigenvalue weighted by atomic mass is 16.5. The molecule has 1 saturated carbocycles. The zero-order valence-electron chi connectivity index (χ0n) is 9.72. The van der Waals surface area contributed by atoms with E-state index in [-0.39, 0.29) is 0 Å². The summed E-state index contributed by atoms with van der Waals surface area (Å²) in [5.41, 5.74) is 0. The van der Waals surface area contributed by atoms with Crippen LogP contribution in [0.4, 0.5) is 0 Å². The molecule has 1 N–H and O–H groups in total. The van der Waals surface area contributed by atoms with Gasteiger partial charge in [0.1, 0.15) is 0 Å². The molecule has 0 saturated heterocycles.